The number of ether oxygens (including phenoxy) is 3. The van der Waals surface area contributed by atoms with Gasteiger partial charge in [-0.2, -0.15) is 0 Å². The Balaban J connectivity index is 1.47. The fourth-order valence-corrected chi connectivity index (χ4v) is 5.72. The highest BCUT2D eigenvalue weighted by atomic mass is 35.5. The fourth-order valence-electron chi connectivity index (χ4n) is 4.61. The van der Waals surface area contributed by atoms with E-state index in [9.17, 15) is 5.11 Å². The first-order valence-electron chi connectivity index (χ1n) is 12.1. The lowest BCUT2D eigenvalue weighted by molar-refractivity contribution is -0.0898. The van der Waals surface area contributed by atoms with Gasteiger partial charge in [-0.05, 0) is 48.4 Å². The molecule has 3 heterocycles. The van der Waals surface area contributed by atoms with Crippen LogP contribution in [0.2, 0.25) is 25.2 Å². The minimum atomic E-state index is -1.80. The number of nitrogens with zero attached hydrogens (tertiary/aromatic N) is 3. The van der Waals surface area contributed by atoms with Crippen LogP contribution in [-0.4, -0.2) is 44.1 Å². The minimum Gasteiger partial charge on any atom is -0.374 e. The molecular weight excluding hydrogens is 620 g/mol. The van der Waals surface area contributed by atoms with Crippen LogP contribution in [0.3, 0.4) is 0 Å². The summed E-state index contributed by atoms with van der Waals surface area (Å²) in [6, 6.07) is 12.0. The maximum atomic E-state index is 12.1. The number of hydrogen-bond donors (Lipinski definition) is 1. The summed E-state index contributed by atoms with van der Waals surface area (Å²) in [5.74, 6) is 5.73. The fraction of sp³-hybridized carbons (Fsp3) is 0.286. The second kappa shape index (κ2) is 12.4. The number of rotatable bonds is 8. The van der Waals surface area contributed by atoms with Crippen molar-refractivity contribution in [2.45, 2.75) is 44.2 Å². The van der Waals surface area contributed by atoms with E-state index < -0.39 is 24.0 Å². The van der Waals surface area contributed by atoms with Crippen LogP contribution in [0.5, 0.6) is 0 Å². The highest BCUT2D eigenvalue weighted by Crippen LogP contribution is 2.42. The SMILES string of the molecule is CC#C[C@@]1(O)[C@H](OCc2ccc(Cl)cc2Cl)[C@@H](COCc2ccc(Cl)cc2Cl)O[C@H]1n1ccc2c(Cl)ncnc21. The first-order valence-corrected chi connectivity index (χ1v) is 14.0. The van der Waals surface area contributed by atoms with Crippen LogP contribution in [-0.2, 0) is 27.4 Å². The maximum Gasteiger partial charge on any atom is 0.199 e. The molecule has 2 aromatic carbocycles. The van der Waals surface area contributed by atoms with Crippen molar-refractivity contribution in [3.63, 3.8) is 0 Å². The molecule has 5 rings (SSSR count). The summed E-state index contributed by atoms with van der Waals surface area (Å²) in [5.41, 5.74) is 0.0933. The zero-order chi connectivity index (χ0) is 28.4. The van der Waals surface area contributed by atoms with Gasteiger partial charge in [0.2, 0.25) is 0 Å². The summed E-state index contributed by atoms with van der Waals surface area (Å²) in [4.78, 5) is 8.39. The standard InChI is InChI=1S/C28H22Cl5N3O4/c1-2-8-28(37)24(39-13-17-4-6-19(30)11-22(17)32)23(14-38-12-16-3-5-18(29)10-21(16)31)40-27(28)36-9-7-20-25(33)34-15-35-26(20)36/h3-7,9-11,15,23-24,27,37H,12-14H2,1H3/t23-,24-,27-,28-/m1/s1. The Kier molecular flexibility index (Phi) is 9.13. The number of benzene rings is 2. The molecule has 0 saturated carbocycles. The molecule has 7 nitrogen and oxygen atoms in total. The van der Waals surface area contributed by atoms with Crippen LogP contribution >= 0.6 is 58.0 Å². The number of aromatic nitrogens is 3. The van der Waals surface area contributed by atoms with Crippen molar-refractivity contribution in [1.29, 1.82) is 0 Å². The average Bonchev–Trinajstić information content (AvgIpc) is 3.44. The predicted octanol–water partition coefficient (Wildman–Crippen LogP) is 7.15. The predicted molar refractivity (Wildman–Crippen MR) is 156 cm³/mol. The lowest BCUT2D eigenvalue weighted by atomic mass is 9.94. The van der Waals surface area contributed by atoms with Crippen LogP contribution in [0.1, 0.15) is 24.3 Å². The molecule has 1 saturated heterocycles. The Morgan fingerprint density at radius 2 is 1.65 bits per heavy atom. The molecule has 0 unspecified atom stereocenters. The van der Waals surface area contributed by atoms with Gasteiger partial charge >= 0.3 is 0 Å². The van der Waals surface area contributed by atoms with E-state index in [0.717, 1.165) is 5.56 Å². The van der Waals surface area contributed by atoms with Crippen LogP contribution in [0.25, 0.3) is 11.0 Å². The zero-order valence-corrected chi connectivity index (χ0v) is 24.7. The van der Waals surface area contributed by atoms with Gasteiger partial charge in [-0.15, -0.1) is 5.92 Å². The number of fused-ring (bicyclic) bond motifs is 1. The largest absolute Gasteiger partial charge is 0.374 e. The maximum absolute atomic E-state index is 12.1. The van der Waals surface area contributed by atoms with Crippen LogP contribution in [0, 0.1) is 11.8 Å². The van der Waals surface area contributed by atoms with E-state index in [-0.39, 0.29) is 25.0 Å². The van der Waals surface area contributed by atoms with Gasteiger partial charge in [0.15, 0.2) is 11.8 Å². The molecule has 1 fully saturated rings. The lowest BCUT2D eigenvalue weighted by Crippen LogP contribution is -2.47. The van der Waals surface area contributed by atoms with Gasteiger partial charge < -0.3 is 23.9 Å². The van der Waals surface area contributed by atoms with Crippen molar-refractivity contribution in [2.24, 2.45) is 0 Å². The third kappa shape index (κ3) is 5.93. The molecule has 0 bridgehead atoms. The number of hydrogen-bond acceptors (Lipinski definition) is 6. The van der Waals surface area contributed by atoms with Gasteiger partial charge in [-0.1, -0.05) is 76.1 Å². The third-order valence-corrected chi connectivity index (χ3v) is 7.95. The number of halogens is 5. The first kappa shape index (κ1) is 29.4. The molecule has 1 aliphatic heterocycles. The monoisotopic (exact) mass is 639 g/mol. The average molecular weight is 642 g/mol. The molecular formula is C28H22Cl5N3O4. The Morgan fingerprint density at radius 1 is 0.975 bits per heavy atom. The highest BCUT2D eigenvalue weighted by molar-refractivity contribution is 6.35. The van der Waals surface area contributed by atoms with Crippen LogP contribution in [0.15, 0.2) is 55.0 Å². The van der Waals surface area contributed by atoms with Crippen LogP contribution < -0.4 is 0 Å². The van der Waals surface area contributed by atoms with Gasteiger partial charge in [0.05, 0.1) is 25.2 Å². The van der Waals surface area contributed by atoms with Gasteiger partial charge in [-0.25, -0.2) is 9.97 Å². The van der Waals surface area contributed by atoms with E-state index in [0.29, 0.717) is 36.7 Å². The zero-order valence-electron chi connectivity index (χ0n) is 21.0. The molecule has 12 heteroatoms. The second-order valence-electron chi connectivity index (χ2n) is 9.07. The van der Waals surface area contributed by atoms with E-state index in [1.807, 2.05) is 0 Å². The summed E-state index contributed by atoms with van der Waals surface area (Å²) in [6.45, 7) is 1.92. The molecule has 4 aromatic rings. The van der Waals surface area contributed by atoms with Crippen molar-refractivity contribution in [1.82, 2.24) is 14.5 Å². The molecule has 0 spiro atoms. The molecule has 1 aliphatic rings. The third-order valence-electron chi connectivity index (χ3n) is 6.48. The Hall–Kier alpha value is -2.09. The van der Waals surface area contributed by atoms with E-state index in [1.165, 1.54) is 6.33 Å². The van der Waals surface area contributed by atoms with Crippen molar-refractivity contribution in [2.75, 3.05) is 6.61 Å². The van der Waals surface area contributed by atoms with E-state index in [1.54, 1.807) is 60.2 Å². The molecule has 208 valence electrons. The normalized spacial score (nSPS) is 22.4. The quantitative estimate of drug-likeness (QED) is 0.163. The Labute approximate surface area is 255 Å². The summed E-state index contributed by atoms with van der Waals surface area (Å²) in [7, 11) is 0. The Bertz CT molecular complexity index is 1600. The second-order valence-corrected chi connectivity index (χ2v) is 11.1. The van der Waals surface area contributed by atoms with E-state index >= 15 is 0 Å². The molecule has 1 N–H and O–H groups in total. The minimum absolute atomic E-state index is 0.0527. The molecule has 4 atom stereocenters. The summed E-state index contributed by atoms with van der Waals surface area (Å²) in [6.07, 6.45) is 0.340. The van der Waals surface area contributed by atoms with Gasteiger partial charge in [0, 0.05) is 26.3 Å². The Morgan fingerprint density at radius 3 is 2.30 bits per heavy atom. The molecule has 0 aliphatic carbocycles. The number of aliphatic hydroxyl groups is 1. The summed E-state index contributed by atoms with van der Waals surface area (Å²) < 4.78 is 20.4. The van der Waals surface area contributed by atoms with Crippen molar-refractivity contribution in [3.8, 4) is 11.8 Å². The van der Waals surface area contributed by atoms with Crippen molar-refractivity contribution in [3.05, 3.63) is 91.4 Å². The molecule has 0 amide bonds. The molecule has 0 radical (unpaired) electrons. The van der Waals surface area contributed by atoms with Gasteiger partial charge in [0.25, 0.3) is 0 Å². The van der Waals surface area contributed by atoms with Gasteiger partial charge in [-0.3, -0.25) is 0 Å². The summed E-state index contributed by atoms with van der Waals surface area (Å²) >= 11 is 31.1. The van der Waals surface area contributed by atoms with Gasteiger partial charge in [0.1, 0.15) is 29.3 Å². The smallest absolute Gasteiger partial charge is 0.199 e. The van der Waals surface area contributed by atoms with Crippen molar-refractivity contribution < 1.29 is 19.3 Å². The van der Waals surface area contributed by atoms with Crippen molar-refractivity contribution >= 4 is 69.0 Å². The van der Waals surface area contributed by atoms with E-state index in [4.69, 9.17) is 72.2 Å². The molecule has 40 heavy (non-hydrogen) atoms. The summed E-state index contributed by atoms with van der Waals surface area (Å²) in [5, 5.41) is 14.9. The highest BCUT2D eigenvalue weighted by Gasteiger charge is 2.57. The van der Waals surface area contributed by atoms with E-state index in [2.05, 4.69) is 21.8 Å². The van der Waals surface area contributed by atoms with Crippen LogP contribution in [0.4, 0.5) is 0 Å². The lowest BCUT2D eigenvalue weighted by Gasteiger charge is -2.30. The first-order chi connectivity index (χ1) is 19.2. The molecule has 2 aromatic heterocycles. The topological polar surface area (TPSA) is 78.6 Å².